The number of amides is 3. The van der Waals surface area contributed by atoms with Crippen LogP contribution in [-0.4, -0.2) is 195 Å². The second-order valence-electron chi connectivity index (χ2n) is 29.8. The summed E-state index contributed by atoms with van der Waals surface area (Å²) in [4.78, 5) is 72.1. The van der Waals surface area contributed by atoms with Crippen LogP contribution < -0.4 is 31.9 Å². The number of carbonyl (C=O) groups excluding carboxylic acids is 3. The number of carbonyl (C=O) groups is 4. The van der Waals surface area contributed by atoms with Crippen molar-refractivity contribution in [1.29, 1.82) is 0 Å². The molecule has 0 aliphatic carbocycles. The van der Waals surface area contributed by atoms with Gasteiger partial charge < -0.3 is 51.4 Å². The lowest BCUT2D eigenvalue weighted by molar-refractivity contribution is -0.138. The van der Waals surface area contributed by atoms with Crippen LogP contribution in [-0.2, 0) is 21.8 Å². The molecule has 2 saturated heterocycles. The van der Waals surface area contributed by atoms with E-state index in [1.54, 1.807) is 150 Å². The maximum absolute atomic E-state index is 13.2. The summed E-state index contributed by atoms with van der Waals surface area (Å²) in [6.07, 6.45) is -0.990. The zero-order valence-corrected chi connectivity index (χ0v) is 70.7. The normalized spacial score (nSPS) is 13.0. The topological polar surface area (TPSA) is 310 Å². The number of nitrogens with one attached hydrogen (secondary N) is 6. The zero-order chi connectivity index (χ0) is 90.1. The number of benzene rings is 8. The number of halogens is 8. The van der Waals surface area contributed by atoms with Crippen molar-refractivity contribution in [3.05, 3.63) is 311 Å². The third-order valence-corrected chi connectivity index (χ3v) is 21.0. The predicted molar refractivity (Wildman–Crippen MR) is 481 cm³/mol. The first-order valence-corrected chi connectivity index (χ1v) is 41.5. The molecular formula is C93H83Cl2F6N21O7. The lowest BCUT2D eigenvalue weighted by Crippen LogP contribution is -2.41. The molecule has 2 aliphatic heterocycles. The fourth-order valence-corrected chi connectivity index (χ4v) is 14.4. The fraction of sp³-hybridized carbons (Fsp3) is 0.183. The number of alkyl halides is 6. The largest absolute Gasteiger partial charge is 0.478 e. The Labute approximate surface area is 744 Å². The number of rotatable bonds is 23. The van der Waals surface area contributed by atoms with E-state index in [0.717, 1.165) is 130 Å². The summed E-state index contributed by atoms with van der Waals surface area (Å²) in [5.74, 6) is 0.152. The van der Waals surface area contributed by atoms with Gasteiger partial charge in [0.15, 0.2) is 22.6 Å². The standard InChI is InChI=1S/C27H27F3N6O2.C26H25F3N6O2.C21H18ClN5O.C19H13ClN4O2/c28-27(29,30)21-5-1-4-20(18-21)23-6-2-13-36-24(23)33-26(34-36)32-22-9-7-19(8-10-22)25(37)31-11-3-12-35-14-16-38-17-15-35;27-26(28,29)20-4-1-3-19(17-20)22-5-2-11-35-23(22)32-25(33-35)31-21-8-6-18(7-9-21)24(36)30-10-12-34-13-15-37-16-14-34;1-26(2)20(28)14-8-10-17(11-9-14)23-21-24-19-18(7-4-12-27(19)25-21)15-5-3-6-16(22)13-15;20-14-4-1-3-13(11-14)16-5-2-10-24-17(16)22-19(23-24)21-15-8-6-12(7-9-15)18(25)26/h1-2,4-10,13,18H,3,11-12,14-17H2,(H,31,37)(H,32,34);1-9,11,17H,10,12-16H2,(H,30,36)(H,31,33);3-13H,1-2H3,(H,23,25);1-11H,(H,21,23)(H,25,26). The number of pyridine rings is 4. The predicted octanol–water partition coefficient (Wildman–Crippen LogP) is 17.8. The second kappa shape index (κ2) is 40.7. The van der Waals surface area contributed by atoms with Crippen LogP contribution in [0.4, 0.5) is 72.9 Å². The highest BCUT2D eigenvalue weighted by atomic mass is 35.5. The highest BCUT2D eigenvalue weighted by molar-refractivity contribution is 6.31. The first-order chi connectivity index (χ1) is 62.3. The van der Waals surface area contributed by atoms with Crippen LogP contribution in [0, 0.1) is 0 Å². The number of hydrogen-bond donors (Lipinski definition) is 7. The van der Waals surface area contributed by atoms with E-state index < -0.39 is 29.4 Å². The minimum atomic E-state index is -4.44. The highest BCUT2D eigenvalue weighted by Gasteiger charge is 2.32. The molecule has 2 aliphatic rings. The van der Waals surface area contributed by atoms with E-state index in [9.17, 15) is 45.5 Å². The Kier molecular flexibility index (Phi) is 28.2. The van der Waals surface area contributed by atoms with Crippen LogP contribution >= 0.6 is 23.2 Å². The third-order valence-electron chi connectivity index (χ3n) is 20.6. The van der Waals surface area contributed by atoms with Crippen molar-refractivity contribution in [2.75, 3.05) is 114 Å². The average molecular weight is 1790 g/mol. The van der Waals surface area contributed by atoms with Gasteiger partial charge in [0.1, 0.15) is 0 Å². The lowest BCUT2D eigenvalue weighted by Gasteiger charge is -2.26. The second-order valence-corrected chi connectivity index (χ2v) is 30.6. The molecular weight excluding hydrogens is 1710 g/mol. The average Bonchev–Trinajstić information content (AvgIpc) is 1.71. The maximum Gasteiger partial charge on any atom is 0.416 e. The van der Waals surface area contributed by atoms with Crippen LogP contribution in [0.2, 0.25) is 10.0 Å². The molecule has 0 spiro atoms. The Morgan fingerprint density at radius 2 is 0.698 bits per heavy atom. The summed E-state index contributed by atoms with van der Waals surface area (Å²) in [5, 5.41) is 46.3. The highest BCUT2D eigenvalue weighted by Crippen LogP contribution is 2.37. The summed E-state index contributed by atoms with van der Waals surface area (Å²) in [7, 11) is 3.46. The quantitative estimate of drug-likeness (QED) is 0.0231. The van der Waals surface area contributed by atoms with E-state index in [1.807, 2.05) is 97.3 Å². The molecule has 8 aromatic heterocycles. The summed E-state index contributed by atoms with van der Waals surface area (Å²) >= 11 is 12.2. The Bertz CT molecular complexity index is 6620. The molecule has 0 saturated carbocycles. The summed E-state index contributed by atoms with van der Waals surface area (Å²) < 4.78 is 96.2. The molecule has 0 atom stereocenters. The first kappa shape index (κ1) is 89.2. The molecule has 2 fully saturated rings. The van der Waals surface area contributed by atoms with Gasteiger partial charge in [-0.05, 0) is 229 Å². The van der Waals surface area contributed by atoms with Crippen molar-refractivity contribution >= 4 is 116 Å². The van der Waals surface area contributed by atoms with Crippen molar-refractivity contribution < 1.29 is 60.1 Å². The monoisotopic (exact) mass is 1790 g/mol. The molecule has 129 heavy (non-hydrogen) atoms. The number of fused-ring (bicyclic) bond motifs is 4. The van der Waals surface area contributed by atoms with Crippen LogP contribution in [0.3, 0.4) is 0 Å². The van der Waals surface area contributed by atoms with Gasteiger partial charge in [-0.1, -0.05) is 71.7 Å². The zero-order valence-electron chi connectivity index (χ0n) is 69.2. The van der Waals surface area contributed by atoms with Crippen LogP contribution in [0.15, 0.2) is 267 Å². The van der Waals surface area contributed by atoms with E-state index in [0.29, 0.717) is 108 Å². The van der Waals surface area contributed by atoms with E-state index in [4.69, 9.17) is 37.8 Å². The lowest BCUT2D eigenvalue weighted by atomic mass is 10.0. The van der Waals surface area contributed by atoms with Gasteiger partial charge in [0.05, 0.1) is 43.1 Å². The molecule has 16 aromatic rings. The molecule has 7 N–H and O–H groups in total. The number of hydrogen-bond acceptors (Lipinski definition) is 20. The van der Waals surface area contributed by atoms with Gasteiger partial charge in [-0.2, -0.15) is 46.3 Å². The Balaban J connectivity index is 0.000000134. The number of carboxylic acid groups (broad SMARTS) is 1. The van der Waals surface area contributed by atoms with Crippen molar-refractivity contribution in [2.24, 2.45) is 0 Å². The summed E-state index contributed by atoms with van der Waals surface area (Å²) in [6, 6.07) is 67.5. The van der Waals surface area contributed by atoms with E-state index in [2.05, 4.69) is 82.0 Å². The van der Waals surface area contributed by atoms with Gasteiger partial charge in [0, 0.05) is 156 Å². The smallest absolute Gasteiger partial charge is 0.416 e. The molecule has 0 bridgehead atoms. The molecule has 8 aromatic carbocycles. The van der Waals surface area contributed by atoms with Crippen LogP contribution in [0.25, 0.3) is 67.1 Å². The van der Waals surface area contributed by atoms with Crippen molar-refractivity contribution in [3.63, 3.8) is 0 Å². The van der Waals surface area contributed by atoms with E-state index >= 15 is 0 Å². The molecule has 36 heteroatoms. The SMILES string of the molecule is CN(C)C(=O)c1ccc(Nc2nc3c(-c4cccc(Cl)c4)cccn3n2)cc1.O=C(NCCCN1CCOCC1)c1ccc(Nc2nc3c(-c4cccc(C(F)(F)F)c4)cccn3n2)cc1.O=C(NCCN1CCOCC1)c1ccc(Nc2nc3c(-c4cccc(C(F)(F)F)c4)cccn3n2)cc1.O=C(O)c1ccc(Nc2nc3c(-c4cccc(Cl)c4)cccn3n2)cc1. The molecule has 0 radical (unpaired) electrons. The Hall–Kier alpha value is -14.7. The van der Waals surface area contributed by atoms with Gasteiger partial charge >= 0.3 is 18.3 Å². The number of aromatic nitrogens is 12. The van der Waals surface area contributed by atoms with Gasteiger partial charge in [-0.25, -0.2) is 22.9 Å². The number of aromatic carboxylic acids is 1. The molecule has 3 amide bonds. The molecule has 10 heterocycles. The minimum absolute atomic E-state index is 0.0384. The van der Waals surface area contributed by atoms with Crippen LogP contribution in [0.5, 0.6) is 0 Å². The number of carboxylic acids is 1. The molecule has 28 nitrogen and oxygen atoms in total. The number of ether oxygens (including phenoxy) is 2. The van der Waals surface area contributed by atoms with E-state index in [-0.39, 0.29) is 35.2 Å². The van der Waals surface area contributed by atoms with Gasteiger partial charge in [0.25, 0.3) is 17.7 Å². The van der Waals surface area contributed by atoms with Crippen LogP contribution in [0.1, 0.15) is 59.0 Å². The number of anilines is 8. The summed E-state index contributed by atoms with van der Waals surface area (Å²) in [6.45, 7) is 9.39. The van der Waals surface area contributed by atoms with Gasteiger partial charge in [-0.3, -0.25) is 24.2 Å². The number of morpholine rings is 2. The Morgan fingerprint density at radius 1 is 0.388 bits per heavy atom. The maximum atomic E-state index is 13.2. The van der Waals surface area contributed by atoms with E-state index in [1.165, 1.54) is 33.3 Å². The Morgan fingerprint density at radius 3 is 1.02 bits per heavy atom. The molecule has 18 rings (SSSR count). The van der Waals surface area contributed by atoms with Crippen molar-refractivity contribution in [2.45, 2.75) is 18.8 Å². The van der Waals surface area contributed by atoms with Gasteiger partial charge in [0.2, 0.25) is 23.8 Å². The fourth-order valence-electron chi connectivity index (χ4n) is 14.0. The number of nitrogens with zero attached hydrogens (tertiary/aromatic N) is 15. The first-order valence-electron chi connectivity index (χ1n) is 40.7. The van der Waals surface area contributed by atoms with Gasteiger partial charge in [-0.15, -0.1) is 20.4 Å². The third kappa shape index (κ3) is 23.1. The minimum Gasteiger partial charge on any atom is -0.478 e. The molecule has 0 unspecified atom stereocenters. The molecule has 658 valence electrons. The summed E-state index contributed by atoms with van der Waals surface area (Å²) in [5.41, 5.74) is 11.2. The van der Waals surface area contributed by atoms with Crippen molar-refractivity contribution in [1.82, 2.24) is 83.7 Å². The van der Waals surface area contributed by atoms with Crippen molar-refractivity contribution in [3.8, 4) is 44.5 Å².